The van der Waals surface area contributed by atoms with Crippen LogP contribution in [-0.4, -0.2) is 30.8 Å². The first kappa shape index (κ1) is 12.5. The number of nitrogens with zero attached hydrogens (tertiary/aromatic N) is 1. The van der Waals surface area contributed by atoms with E-state index >= 15 is 0 Å². The smallest absolute Gasteiger partial charge is 0.0551 e. The first-order valence-electron chi connectivity index (χ1n) is 6.40. The van der Waals surface area contributed by atoms with E-state index < -0.39 is 0 Å². The van der Waals surface area contributed by atoms with Crippen LogP contribution in [0.1, 0.15) is 24.6 Å². The van der Waals surface area contributed by atoms with Crippen molar-refractivity contribution >= 4 is 0 Å². The summed E-state index contributed by atoms with van der Waals surface area (Å²) < 4.78 is 5.66. The van der Waals surface area contributed by atoms with Gasteiger partial charge in [0.15, 0.2) is 0 Å². The van der Waals surface area contributed by atoms with Gasteiger partial charge in [0.1, 0.15) is 0 Å². The molecule has 0 bridgehead atoms. The molecule has 0 radical (unpaired) electrons. The first-order valence-corrected chi connectivity index (χ1v) is 6.40. The maximum Gasteiger partial charge on any atom is 0.0551 e. The topological polar surface area (TPSA) is 34.2 Å². The van der Waals surface area contributed by atoms with Crippen LogP contribution in [0.2, 0.25) is 0 Å². The lowest BCUT2D eigenvalue weighted by Crippen LogP contribution is -2.36. The number of hydrogen-bond acceptors (Lipinski definition) is 3. The van der Waals surface area contributed by atoms with Gasteiger partial charge in [-0.15, -0.1) is 0 Å². The van der Waals surface area contributed by atoms with Gasteiger partial charge in [0.25, 0.3) is 0 Å². The maximum absolute atomic E-state index is 5.66. The summed E-state index contributed by atoms with van der Waals surface area (Å²) >= 11 is 0. The van der Waals surface area contributed by atoms with Crippen LogP contribution in [0, 0.1) is 12.8 Å². The quantitative estimate of drug-likeness (QED) is 0.864. The number of hydrogen-bond donors (Lipinski definition) is 1. The van der Waals surface area contributed by atoms with E-state index in [1.54, 1.807) is 0 Å². The molecule has 17 heavy (non-hydrogen) atoms. The number of likely N-dealkylation sites (N-methyl/N-ethyl adjacent to an activating group) is 1. The van der Waals surface area contributed by atoms with Crippen molar-refractivity contribution in [3.63, 3.8) is 0 Å². The minimum absolute atomic E-state index is 0.403. The maximum atomic E-state index is 5.66. The third-order valence-electron chi connectivity index (χ3n) is 3.70. The van der Waals surface area contributed by atoms with Crippen LogP contribution >= 0.6 is 0 Å². The summed E-state index contributed by atoms with van der Waals surface area (Å²) in [6.45, 7) is 5.15. The summed E-state index contributed by atoms with van der Waals surface area (Å²) in [7, 11) is 2.03. The Hall–Kier alpha value is -0.930. The zero-order valence-electron chi connectivity index (χ0n) is 10.9. The van der Waals surface area contributed by atoms with Crippen LogP contribution in [0.3, 0.4) is 0 Å². The van der Waals surface area contributed by atoms with Crippen molar-refractivity contribution in [1.29, 1.82) is 0 Å². The fourth-order valence-corrected chi connectivity index (χ4v) is 2.58. The monoisotopic (exact) mass is 234 g/mol. The van der Waals surface area contributed by atoms with Crippen molar-refractivity contribution in [2.75, 3.05) is 13.7 Å². The lowest BCUT2D eigenvalue weighted by Gasteiger charge is -2.22. The molecular weight excluding hydrogens is 212 g/mol. The summed E-state index contributed by atoms with van der Waals surface area (Å²) in [5, 5.41) is 3.42. The number of pyridine rings is 1. The van der Waals surface area contributed by atoms with E-state index in [0.29, 0.717) is 18.1 Å². The van der Waals surface area contributed by atoms with E-state index in [1.165, 1.54) is 11.3 Å². The van der Waals surface area contributed by atoms with Crippen LogP contribution in [0.15, 0.2) is 18.3 Å². The van der Waals surface area contributed by atoms with E-state index in [2.05, 4.69) is 30.2 Å². The molecule has 3 nitrogen and oxygen atoms in total. The van der Waals surface area contributed by atoms with Gasteiger partial charge in [0, 0.05) is 30.3 Å². The zero-order valence-corrected chi connectivity index (χ0v) is 10.9. The Balaban J connectivity index is 2.03. The highest BCUT2D eigenvalue weighted by Crippen LogP contribution is 2.24. The molecule has 1 aliphatic rings. The molecule has 1 saturated heterocycles. The number of nitrogens with one attached hydrogen (secondary N) is 1. The molecule has 3 heteroatoms. The second kappa shape index (κ2) is 5.61. The normalized spacial score (nSPS) is 26.1. The van der Waals surface area contributed by atoms with Gasteiger partial charge in [-0.3, -0.25) is 4.98 Å². The molecule has 0 saturated carbocycles. The van der Waals surface area contributed by atoms with Crippen molar-refractivity contribution in [3.05, 3.63) is 29.6 Å². The predicted molar refractivity (Wildman–Crippen MR) is 69.0 cm³/mol. The number of rotatable bonds is 4. The average Bonchev–Trinajstić information content (AvgIpc) is 2.75. The van der Waals surface area contributed by atoms with Crippen molar-refractivity contribution in [2.45, 2.75) is 38.8 Å². The second-order valence-corrected chi connectivity index (χ2v) is 5.01. The number of aromatic nitrogens is 1. The molecule has 0 amide bonds. The predicted octanol–water partition coefficient (Wildman–Crippen LogP) is 1.95. The number of ether oxygens (including phenoxy) is 1. The molecule has 1 N–H and O–H groups in total. The zero-order chi connectivity index (χ0) is 12.3. The van der Waals surface area contributed by atoms with Gasteiger partial charge in [0.05, 0.1) is 12.7 Å². The molecular formula is C14H22N2O. The third kappa shape index (κ3) is 3.05. The molecule has 3 unspecified atom stereocenters. The molecule has 0 spiro atoms. The summed E-state index contributed by atoms with van der Waals surface area (Å²) in [5.41, 5.74) is 2.48. The molecule has 1 aromatic heterocycles. The summed E-state index contributed by atoms with van der Waals surface area (Å²) in [4.78, 5) is 4.48. The molecule has 1 aromatic rings. The molecule has 94 valence electrons. The summed E-state index contributed by atoms with van der Waals surface area (Å²) in [6, 6.07) is 4.59. The molecule has 1 aliphatic heterocycles. The molecule has 3 atom stereocenters. The Bertz CT molecular complexity index is 367. The lowest BCUT2D eigenvalue weighted by molar-refractivity contribution is 0.117. The van der Waals surface area contributed by atoms with E-state index in [-0.39, 0.29) is 0 Å². The Labute approximate surface area is 104 Å². The van der Waals surface area contributed by atoms with Crippen molar-refractivity contribution in [1.82, 2.24) is 10.3 Å². The average molecular weight is 234 g/mol. The van der Waals surface area contributed by atoms with E-state index in [4.69, 9.17) is 4.74 Å². The van der Waals surface area contributed by atoms with Gasteiger partial charge in [-0.1, -0.05) is 6.07 Å². The van der Waals surface area contributed by atoms with E-state index in [0.717, 1.165) is 19.4 Å². The van der Waals surface area contributed by atoms with Gasteiger partial charge in [-0.2, -0.15) is 0 Å². The van der Waals surface area contributed by atoms with Gasteiger partial charge < -0.3 is 10.1 Å². The van der Waals surface area contributed by atoms with Crippen LogP contribution in [0.4, 0.5) is 0 Å². The van der Waals surface area contributed by atoms with Crippen LogP contribution in [-0.2, 0) is 11.2 Å². The molecule has 1 fully saturated rings. The minimum Gasteiger partial charge on any atom is -0.378 e. The van der Waals surface area contributed by atoms with Gasteiger partial charge in [-0.05, 0) is 38.9 Å². The Morgan fingerprint density at radius 3 is 3.00 bits per heavy atom. The van der Waals surface area contributed by atoms with Crippen LogP contribution < -0.4 is 5.32 Å². The van der Waals surface area contributed by atoms with Crippen LogP contribution in [0.25, 0.3) is 0 Å². The van der Waals surface area contributed by atoms with Gasteiger partial charge in [0.2, 0.25) is 0 Å². The fraction of sp³-hybridized carbons (Fsp3) is 0.643. The third-order valence-corrected chi connectivity index (χ3v) is 3.70. The minimum atomic E-state index is 0.403. The standard InChI is InChI=1S/C14H22N2O/c1-10-5-4-6-16-13(10)8-14(15-3)12-7-11(2)17-9-12/h4-6,11-12,14-15H,7-9H2,1-3H3. The molecule has 0 aromatic carbocycles. The summed E-state index contributed by atoms with van der Waals surface area (Å²) in [5.74, 6) is 0.608. The molecule has 2 rings (SSSR count). The van der Waals surface area contributed by atoms with E-state index in [1.807, 2.05) is 19.3 Å². The number of aryl methyl sites for hydroxylation is 1. The highest BCUT2D eigenvalue weighted by molar-refractivity contribution is 5.18. The largest absolute Gasteiger partial charge is 0.378 e. The highest BCUT2D eigenvalue weighted by Gasteiger charge is 2.29. The second-order valence-electron chi connectivity index (χ2n) is 5.01. The Morgan fingerprint density at radius 2 is 2.41 bits per heavy atom. The highest BCUT2D eigenvalue weighted by atomic mass is 16.5. The molecule has 0 aliphatic carbocycles. The fourth-order valence-electron chi connectivity index (χ4n) is 2.58. The van der Waals surface area contributed by atoms with Crippen molar-refractivity contribution in [3.8, 4) is 0 Å². The van der Waals surface area contributed by atoms with Gasteiger partial charge in [-0.25, -0.2) is 0 Å². The Morgan fingerprint density at radius 1 is 1.59 bits per heavy atom. The molecule has 2 heterocycles. The van der Waals surface area contributed by atoms with Crippen LogP contribution in [0.5, 0.6) is 0 Å². The van der Waals surface area contributed by atoms with Crippen molar-refractivity contribution < 1.29 is 4.74 Å². The lowest BCUT2D eigenvalue weighted by atomic mass is 9.92. The first-order chi connectivity index (χ1) is 8.20. The Kier molecular flexibility index (Phi) is 4.13. The van der Waals surface area contributed by atoms with Gasteiger partial charge >= 0.3 is 0 Å². The van der Waals surface area contributed by atoms with E-state index in [9.17, 15) is 0 Å². The van der Waals surface area contributed by atoms with Crippen molar-refractivity contribution in [2.24, 2.45) is 5.92 Å². The summed E-state index contributed by atoms with van der Waals surface area (Å²) in [6.07, 6.45) is 4.42. The SMILES string of the molecule is CNC(Cc1ncccc1C)C1COC(C)C1.